The second-order valence-corrected chi connectivity index (χ2v) is 6.82. The van der Waals surface area contributed by atoms with Gasteiger partial charge in [-0.15, -0.1) is 11.3 Å². The molecule has 2 rings (SSSR count). The summed E-state index contributed by atoms with van der Waals surface area (Å²) >= 11 is 6.97. The van der Waals surface area contributed by atoms with E-state index in [-0.39, 0.29) is 30.2 Å². The Balaban J connectivity index is 1.63. The van der Waals surface area contributed by atoms with Gasteiger partial charge in [-0.3, -0.25) is 19.7 Å². The number of thiophene rings is 1. The summed E-state index contributed by atoms with van der Waals surface area (Å²) in [6, 6.07) is 9.33. The molecule has 9 heteroatoms. The van der Waals surface area contributed by atoms with Gasteiger partial charge in [0.25, 0.3) is 5.69 Å². The molecule has 0 saturated carbocycles. The molecular weight excluding hydrogens is 366 g/mol. The maximum absolute atomic E-state index is 11.9. The van der Waals surface area contributed by atoms with E-state index in [1.807, 2.05) is 0 Å². The van der Waals surface area contributed by atoms with Gasteiger partial charge in [0, 0.05) is 43.8 Å². The number of carbonyl (C=O) groups is 2. The molecule has 0 bridgehead atoms. The van der Waals surface area contributed by atoms with Gasteiger partial charge in [-0.2, -0.15) is 0 Å². The molecule has 0 spiro atoms. The first-order valence-electron chi connectivity index (χ1n) is 7.49. The minimum atomic E-state index is -0.463. The number of nitro groups is 1. The van der Waals surface area contributed by atoms with Gasteiger partial charge in [-0.25, -0.2) is 0 Å². The third-order valence-corrected chi connectivity index (χ3v) is 4.55. The van der Waals surface area contributed by atoms with E-state index in [2.05, 4.69) is 10.6 Å². The highest BCUT2D eigenvalue weighted by Crippen LogP contribution is 2.22. The number of nitro benzene ring substituents is 1. The number of carbonyl (C=O) groups excluding carboxylic acids is 2. The largest absolute Gasteiger partial charge is 0.383 e. The number of non-ortho nitro benzene ring substituents is 1. The van der Waals surface area contributed by atoms with Crippen molar-refractivity contribution < 1.29 is 14.5 Å². The molecule has 2 N–H and O–H groups in total. The molecule has 1 aromatic carbocycles. The van der Waals surface area contributed by atoms with Crippen molar-refractivity contribution in [2.24, 2.45) is 0 Å². The van der Waals surface area contributed by atoms with Crippen molar-refractivity contribution >= 4 is 46.0 Å². The van der Waals surface area contributed by atoms with Crippen LogP contribution in [0.4, 0.5) is 11.4 Å². The fraction of sp³-hybridized carbons (Fsp3) is 0.250. The topological polar surface area (TPSA) is 101 Å². The van der Waals surface area contributed by atoms with Crippen LogP contribution < -0.4 is 10.6 Å². The molecule has 0 fully saturated rings. The molecule has 0 unspecified atom stereocenters. The number of hydrogen-bond donors (Lipinski definition) is 2. The lowest BCUT2D eigenvalue weighted by Crippen LogP contribution is -2.28. The summed E-state index contributed by atoms with van der Waals surface area (Å²) in [5.41, 5.74) is 0.750. The lowest BCUT2D eigenvalue weighted by atomic mass is 10.2. The zero-order chi connectivity index (χ0) is 18.2. The van der Waals surface area contributed by atoms with E-state index in [9.17, 15) is 19.7 Å². The normalized spacial score (nSPS) is 10.3. The van der Waals surface area contributed by atoms with Crippen molar-refractivity contribution in [1.29, 1.82) is 0 Å². The van der Waals surface area contributed by atoms with E-state index < -0.39 is 4.92 Å². The predicted molar refractivity (Wildman–Crippen MR) is 97.5 cm³/mol. The van der Waals surface area contributed by atoms with E-state index in [1.54, 1.807) is 24.3 Å². The average Bonchev–Trinajstić information content (AvgIpc) is 3.03. The second kappa shape index (κ2) is 9.14. The Bertz CT molecular complexity index is 761. The van der Waals surface area contributed by atoms with Gasteiger partial charge in [0.1, 0.15) is 0 Å². The van der Waals surface area contributed by atoms with Crippen LogP contribution in [0.2, 0.25) is 4.34 Å². The maximum Gasteiger partial charge on any atom is 0.269 e. The summed E-state index contributed by atoms with van der Waals surface area (Å²) in [6.07, 6.45) is 0.254. The molecule has 0 aliphatic rings. The van der Waals surface area contributed by atoms with Gasteiger partial charge in [0.15, 0.2) is 5.78 Å². The van der Waals surface area contributed by atoms with Gasteiger partial charge < -0.3 is 10.6 Å². The Morgan fingerprint density at radius 2 is 1.80 bits per heavy atom. The van der Waals surface area contributed by atoms with Gasteiger partial charge in [-0.05, 0) is 24.3 Å². The van der Waals surface area contributed by atoms with Crippen LogP contribution in [-0.2, 0) is 4.79 Å². The number of rotatable bonds is 9. The number of anilines is 1. The highest BCUT2D eigenvalue weighted by Gasteiger charge is 2.11. The maximum atomic E-state index is 11.9. The fourth-order valence-corrected chi connectivity index (χ4v) is 3.02. The Morgan fingerprint density at radius 3 is 2.40 bits per heavy atom. The summed E-state index contributed by atoms with van der Waals surface area (Å²) in [5, 5.41) is 16.3. The van der Waals surface area contributed by atoms with Crippen LogP contribution in [0, 0.1) is 10.1 Å². The average molecular weight is 382 g/mol. The third-order valence-electron chi connectivity index (χ3n) is 3.28. The molecule has 1 heterocycles. The van der Waals surface area contributed by atoms with Crippen molar-refractivity contribution in [2.45, 2.75) is 12.8 Å². The molecule has 25 heavy (non-hydrogen) atoms. The lowest BCUT2D eigenvalue weighted by Gasteiger charge is -2.07. The fourth-order valence-electron chi connectivity index (χ4n) is 2.01. The van der Waals surface area contributed by atoms with E-state index >= 15 is 0 Å². The number of amides is 1. The van der Waals surface area contributed by atoms with E-state index in [4.69, 9.17) is 11.6 Å². The molecular formula is C16H16ClN3O4S. The van der Waals surface area contributed by atoms with Gasteiger partial charge >= 0.3 is 0 Å². The SMILES string of the molecule is O=C(CCC(=O)c1ccc(Cl)s1)NCCNc1ccc([N+](=O)[O-])cc1. The quantitative estimate of drug-likeness (QED) is 0.299. The Morgan fingerprint density at radius 1 is 1.08 bits per heavy atom. The standard InChI is InChI=1S/C16H16ClN3O4S/c17-15-7-6-14(25-15)13(21)5-8-16(22)19-10-9-18-11-1-3-12(4-2-11)20(23)24/h1-4,6-7,18H,5,8-10H2,(H,19,22). The van der Waals surface area contributed by atoms with E-state index in [0.717, 1.165) is 5.69 Å². The summed E-state index contributed by atoms with van der Waals surface area (Å²) in [4.78, 5) is 34.2. The summed E-state index contributed by atoms with van der Waals surface area (Å²) in [7, 11) is 0. The lowest BCUT2D eigenvalue weighted by molar-refractivity contribution is -0.384. The molecule has 1 aromatic heterocycles. The van der Waals surface area contributed by atoms with Crippen LogP contribution in [0.5, 0.6) is 0 Å². The summed E-state index contributed by atoms with van der Waals surface area (Å²) in [5.74, 6) is -0.308. The molecule has 0 radical (unpaired) electrons. The first kappa shape index (κ1) is 18.9. The number of benzene rings is 1. The zero-order valence-corrected chi connectivity index (χ0v) is 14.7. The number of ketones is 1. The molecule has 2 aromatic rings. The van der Waals surface area contributed by atoms with Crippen LogP contribution in [0.1, 0.15) is 22.5 Å². The third kappa shape index (κ3) is 6.17. The highest BCUT2D eigenvalue weighted by atomic mass is 35.5. The van der Waals surface area contributed by atoms with Crippen molar-refractivity contribution in [3.63, 3.8) is 0 Å². The first-order valence-corrected chi connectivity index (χ1v) is 8.68. The molecule has 0 atom stereocenters. The second-order valence-electron chi connectivity index (χ2n) is 5.11. The van der Waals surface area contributed by atoms with Gasteiger partial charge in [-0.1, -0.05) is 11.6 Å². The number of Topliss-reactive ketones (excluding diaryl/α,β-unsaturated/α-hetero) is 1. The number of halogens is 1. The number of nitrogens with one attached hydrogen (secondary N) is 2. The highest BCUT2D eigenvalue weighted by molar-refractivity contribution is 7.18. The van der Waals surface area contributed by atoms with Crippen molar-refractivity contribution in [2.75, 3.05) is 18.4 Å². The minimum Gasteiger partial charge on any atom is -0.383 e. The Labute approximate surface area is 153 Å². The minimum absolute atomic E-state index is 0.0237. The van der Waals surface area contributed by atoms with Crippen LogP contribution in [0.3, 0.4) is 0 Å². The van der Waals surface area contributed by atoms with Crippen molar-refractivity contribution in [3.8, 4) is 0 Å². The van der Waals surface area contributed by atoms with Crippen molar-refractivity contribution in [1.82, 2.24) is 5.32 Å². The summed E-state index contributed by atoms with van der Waals surface area (Å²) < 4.78 is 0.546. The van der Waals surface area contributed by atoms with Gasteiger partial charge in [0.2, 0.25) is 5.91 Å². The number of hydrogen-bond acceptors (Lipinski definition) is 6. The van der Waals surface area contributed by atoms with Crippen LogP contribution in [0.15, 0.2) is 36.4 Å². The zero-order valence-electron chi connectivity index (χ0n) is 13.2. The molecule has 0 saturated heterocycles. The van der Waals surface area contributed by atoms with E-state index in [1.165, 1.54) is 23.5 Å². The predicted octanol–water partition coefficient (Wildman–Crippen LogP) is 3.50. The van der Waals surface area contributed by atoms with Crippen LogP contribution in [0.25, 0.3) is 0 Å². The molecule has 0 aliphatic carbocycles. The van der Waals surface area contributed by atoms with Gasteiger partial charge in [0.05, 0.1) is 14.1 Å². The monoisotopic (exact) mass is 381 g/mol. The Kier molecular flexibility index (Phi) is 6.91. The molecule has 1 amide bonds. The first-order chi connectivity index (χ1) is 12.0. The Hall–Kier alpha value is -2.45. The van der Waals surface area contributed by atoms with E-state index in [0.29, 0.717) is 22.3 Å². The molecule has 0 aliphatic heterocycles. The smallest absolute Gasteiger partial charge is 0.269 e. The molecule has 7 nitrogen and oxygen atoms in total. The van der Waals surface area contributed by atoms with Crippen LogP contribution in [-0.4, -0.2) is 29.7 Å². The molecule has 132 valence electrons. The van der Waals surface area contributed by atoms with Crippen molar-refractivity contribution in [3.05, 3.63) is 55.7 Å². The summed E-state index contributed by atoms with van der Waals surface area (Å²) in [6.45, 7) is 0.854. The number of nitrogens with zero attached hydrogens (tertiary/aromatic N) is 1. The van der Waals surface area contributed by atoms with Crippen LogP contribution >= 0.6 is 22.9 Å².